The Bertz CT molecular complexity index is 59.8. The number of carboxylic acids is 1. The smallest absolute Gasteiger partial charge is 0.545 e. The van der Waals surface area contributed by atoms with Gasteiger partial charge in [0.15, 0.2) is 0 Å². The molecule has 0 N–H and O–H groups in total. The third kappa shape index (κ3) is 8.99. The summed E-state index contributed by atoms with van der Waals surface area (Å²) >= 11 is 0. The molecule has 0 spiro atoms. The van der Waals surface area contributed by atoms with Crippen molar-refractivity contribution in [1.29, 1.82) is 0 Å². The van der Waals surface area contributed by atoms with E-state index in [1.54, 1.807) is 0 Å². The van der Waals surface area contributed by atoms with Crippen molar-refractivity contribution in [3.63, 3.8) is 0 Å². The first kappa shape index (κ1) is 9.38. The van der Waals surface area contributed by atoms with E-state index in [0.29, 0.717) is 0 Å². The van der Waals surface area contributed by atoms with E-state index in [1.165, 1.54) is 0 Å². The van der Waals surface area contributed by atoms with Crippen molar-refractivity contribution in [3.05, 3.63) is 12.7 Å². The molecule has 0 fully saturated rings. The predicted octanol–water partition coefficient (Wildman–Crippen LogP) is -1.46. The van der Waals surface area contributed by atoms with Crippen LogP contribution in [0.5, 0.6) is 0 Å². The van der Waals surface area contributed by atoms with Crippen LogP contribution in [0.25, 0.3) is 0 Å². The van der Waals surface area contributed by atoms with Gasteiger partial charge in [-0.1, -0.05) is 6.58 Å². The minimum absolute atomic E-state index is 0. The second kappa shape index (κ2) is 5.01. The molecule has 0 aromatic rings. The summed E-state index contributed by atoms with van der Waals surface area (Å²) in [7, 11) is 0. The maximum atomic E-state index is 9.14. The molecular weight excluding hydrogens is 187 g/mol. The quantitative estimate of drug-likeness (QED) is 0.374. The molecule has 0 aliphatic carbocycles. The van der Waals surface area contributed by atoms with E-state index in [1.807, 2.05) is 0 Å². The van der Waals surface area contributed by atoms with Crippen molar-refractivity contribution in [1.82, 2.24) is 0 Å². The predicted molar refractivity (Wildman–Crippen MR) is 21.0 cm³/mol. The van der Waals surface area contributed by atoms with Gasteiger partial charge in [0, 0.05) is 0 Å². The molecule has 2 radical (unpaired) electrons. The monoisotopic (exact) mass is 191 g/mol. The molecule has 0 heterocycles. The van der Waals surface area contributed by atoms with Gasteiger partial charge in [-0.2, -0.15) is 0 Å². The second-order valence-electron chi connectivity index (χ2n) is 0.523. The van der Waals surface area contributed by atoms with Gasteiger partial charge in [0.2, 0.25) is 0 Å². The van der Waals surface area contributed by atoms with Gasteiger partial charge >= 0.3 is 23.9 Å². The summed E-state index contributed by atoms with van der Waals surface area (Å²) in [6, 6.07) is 0. The van der Waals surface area contributed by atoms with Crippen LogP contribution < -0.4 is 5.11 Å². The Labute approximate surface area is 52.8 Å². The summed E-state index contributed by atoms with van der Waals surface area (Å²) in [6.45, 7) is 2.90. The fourth-order valence-corrected chi connectivity index (χ4v) is 0. The first-order valence-corrected chi connectivity index (χ1v) is 1.11. The van der Waals surface area contributed by atoms with E-state index in [0.717, 1.165) is 6.08 Å². The van der Waals surface area contributed by atoms with Crippen molar-refractivity contribution in [2.24, 2.45) is 0 Å². The zero-order chi connectivity index (χ0) is 4.28. The van der Waals surface area contributed by atoms with Crippen molar-refractivity contribution in [2.75, 3.05) is 0 Å². The molecule has 0 aromatic heterocycles. The topological polar surface area (TPSA) is 40.1 Å². The van der Waals surface area contributed by atoms with Gasteiger partial charge < -0.3 is 9.90 Å². The minimum Gasteiger partial charge on any atom is -0.545 e. The van der Waals surface area contributed by atoms with Crippen LogP contribution in [0.1, 0.15) is 0 Å². The Morgan fingerprint density at radius 2 is 2.00 bits per heavy atom. The number of hydrogen-bond acceptors (Lipinski definition) is 2. The van der Waals surface area contributed by atoms with Gasteiger partial charge in [-0.05, 0) is 6.08 Å². The molecule has 0 aliphatic rings. The standard InChI is InChI=1S/C3H4O2.Sn/c1-2-3(4)5;/h2H,1H2,(H,4,5);/q;+2/p-1. The molecular formula is C3H3O2Sn+. The summed E-state index contributed by atoms with van der Waals surface area (Å²) in [5, 5.41) is 9.14. The Balaban J connectivity index is 0. The molecule has 0 amide bonds. The van der Waals surface area contributed by atoms with E-state index >= 15 is 0 Å². The van der Waals surface area contributed by atoms with Crippen molar-refractivity contribution >= 4 is 29.9 Å². The largest absolute Gasteiger partial charge is 2.00 e. The molecule has 2 nitrogen and oxygen atoms in total. The number of hydrogen-bond donors (Lipinski definition) is 0. The van der Waals surface area contributed by atoms with Crippen LogP contribution in [-0.4, -0.2) is 29.9 Å². The van der Waals surface area contributed by atoms with Crippen LogP contribution in [-0.2, 0) is 4.79 Å². The van der Waals surface area contributed by atoms with E-state index in [2.05, 4.69) is 6.58 Å². The minimum atomic E-state index is -1.23. The van der Waals surface area contributed by atoms with Crippen LogP contribution in [0.4, 0.5) is 0 Å². The zero-order valence-corrected chi connectivity index (χ0v) is 5.96. The molecule has 0 unspecified atom stereocenters. The number of rotatable bonds is 1. The third-order valence-electron chi connectivity index (χ3n) is 0.167. The number of aliphatic carboxylic acids is 1. The molecule has 0 saturated carbocycles. The number of carboxylic acid groups (broad SMARTS) is 1. The summed E-state index contributed by atoms with van der Waals surface area (Å²) in [6.07, 6.45) is 0.722. The van der Waals surface area contributed by atoms with E-state index in [4.69, 9.17) is 9.90 Å². The Morgan fingerprint density at radius 3 is 2.00 bits per heavy atom. The van der Waals surface area contributed by atoms with Crippen molar-refractivity contribution in [2.45, 2.75) is 0 Å². The van der Waals surface area contributed by atoms with Gasteiger partial charge in [-0.15, -0.1) is 0 Å². The molecule has 0 rings (SSSR count). The Kier molecular flexibility index (Phi) is 7.83. The summed E-state index contributed by atoms with van der Waals surface area (Å²) in [4.78, 5) is 9.14. The number of carbonyl (C=O) groups is 1. The van der Waals surface area contributed by atoms with Crippen LogP contribution in [0.15, 0.2) is 12.7 Å². The summed E-state index contributed by atoms with van der Waals surface area (Å²) in [5.74, 6) is -1.23. The van der Waals surface area contributed by atoms with Gasteiger partial charge in [-0.3, -0.25) is 0 Å². The Morgan fingerprint density at radius 1 is 1.83 bits per heavy atom. The van der Waals surface area contributed by atoms with Gasteiger partial charge in [0.05, 0.1) is 5.97 Å². The first-order valence-electron chi connectivity index (χ1n) is 1.11. The summed E-state index contributed by atoms with van der Waals surface area (Å²) in [5.41, 5.74) is 0. The Hall–Kier alpha value is 0.00870. The van der Waals surface area contributed by atoms with Crippen LogP contribution >= 0.6 is 0 Å². The molecule has 3 heteroatoms. The molecule has 0 saturated heterocycles. The fraction of sp³-hybridized carbons (Fsp3) is 0. The number of carbonyl (C=O) groups excluding carboxylic acids is 1. The average molecular weight is 190 g/mol. The van der Waals surface area contributed by atoms with Gasteiger partial charge in [0.25, 0.3) is 0 Å². The molecule has 30 valence electrons. The second-order valence-corrected chi connectivity index (χ2v) is 0.523. The van der Waals surface area contributed by atoms with Crippen LogP contribution in [0.3, 0.4) is 0 Å². The summed E-state index contributed by atoms with van der Waals surface area (Å²) < 4.78 is 0. The average Bonchev–Trinajstić information content (AvgIpc) is 1.38. The van der Waals surface area contributed by atoms with Gasteiger partial charge in [-0.25, -0.2) is 0 Å². The fourth-order valence-electron chi connectivity index (χ4n) is 0. The van der Waals surface area contributed by atoms with Crippen molar-refractivity contribution in [3.8, 4) is 0 Å². The van der Waals surface area contributed by atoms with E-state index in [-0.39, 0.29) is 23.9 Å². The first-order chi connectivity index (χ1) is 2.27. The third-order valence-corrected chi connectivity index (χ3v) is 0.167. The van der Waals surface area contributed by atoms with Crippen molar-refractivity contribution < 1.29 is 9.90 Å². The molecule has 6 heavy (non-hydrogen) atoms. The van der Waals surface area contributed by atoms with E-state index in [9.17, 15) is 0 Å². The normalized spacial score (nSPS) is 5.33. The molecule has 0 bridgehead atoms. The molecule has 0 aromatic carbocycles. The zero-order valence-electron chi connectivity index (χ0n) is 3.10. The van der Waals surface area contributed by atoms with E-state index < -0.39 is 5.97 Å². The molecule has 0 aliphatic heterocycles. The maximum absolute atomic E-state index is 9.14. The van der Waals surface area contributed by atoms with Gasteiger partial charge in [0.1, 0.15) is 0 Å². The van der Waals surface area contributed by atoms with Crippen LogP contribution in [0.2, 0.25) is 0 Å². The van der Waals surface area contributed by atoms with Crippen LogP contribution in [0, 0.1) is 0 Å². The molecule has 0 atom stereocenters. The SMILES string of the molecule is C=CC(=O)[O-].[Sn+2]. The maximum Gasteiger partial charge on any atom is 2.00 e.